The minimum Gasteiger partial charge on any atom is -0.495 e. The molecule has 0 spiro atoms. The van der Waals surface area contributed by atoms with E-state index in [9.17, 15) is 4.79 Å². The van der Waals surface area contributed by atoms with Crippen LogP contribution in [-0.4, -0.2) is 22.6 Å². The molecule has 3 aromatic carbocycles. The molecule has 0 unspecified atom stereocenters. The van der Waals surface area contributed by atoms with Gasteiger partial charge in [-0.05, 0) is 24.3 Å². The maximum atomic E-state index is 13.5. The molecule has 0 atom stereocenters. The smallest absolute Gasteiger partial charge is 0.280 e. The molecule has 0 aliphatic rings. The minimum atomic E-state index is -0.311. The number of fused-ring (bicyclic) bond motifs is 2. The van der Waals surface area contributed by atoms with Gasteiger partial charge in [0, 0.05) is 17.5 Å². The molecule has 0 bridgehead atoms. The number of allylic oxidation sites excluding steroid dienone is 1. The van der Waals surface area contributed by atoms with Gasteiger partial charge < -0.3 is 9.30 Å². The first-order chi connectivity index (χ1) is 16.2. The number of hydrogen-bond acceptors (Lipinski definition) is 4. The number of pyridine rings is 1. The molecule has 0 saturated carbocycles. The van der Waals surface area contributed by atoms with Gasteiger partial charge in [0.15, 0.2) is 4.80 Å². The topological polar surface area (TPSA) is 56.5 Å². The van der Waals surface area contributed by atoms with E-state index in [4.69, 9.17) is 9.72 Å². The van der Waals surface area contributed by atoms with E-state index in [1.165, 1.54) is 11.3 Å². The van der Waals surface area contributed by atoms with Gasteiger partial charge in [-0.3, -0.25) is 4.79 Å². The first-order valence-corrected chi connectivity index (χ1v) is 11.3. The van der Waals surface area contributed by atoms with Crippen molar-refractivity contribution in [3.8, 4) is 17.0 Å². The Morgan fingerprint density at radius 1 is 1.09 bits per heavy atom. The highest BCUT2D eigenvalue weighted by molar-refractivity contribution is 7.16. The highest BCUT2D eigenvalue weighted by Gasteiger charge is 2.16. The van der Waals surface area contributed by atoms with E-state index < -0.39 is 0 Å². The van der Waals surface area contributed by atoms with Crippen LogP contribution >= 0.6 is 11.3 Å². The van der Waals surface area contributed by atoms with Crippen LogP contribution in [0.15, 0.2) is 96.5 Å². The third-order valence-corrected chi connectivity index (χ3v) is 6.45. The summed E-state index contributed by atoms with van der Waals surface area (Å²) in [5.41, 5.74) is 3.87. The number of rotatable bonds is 5. The number of benzene rings is 3. The lowest BCUT2D eigenvalue weighted by Gasteiger charge is -2.08. The van der Waals surface area contributed by atoms with Crippen LogP contribution < -0.4 is 9.54 Å². The molecule has 0 fully saturated rings. The highest BCUT2D eigenvalue weighted by atomic mass is 32.1. The Kier molecular flexibility index (Phi) is 5.59. The van der Waals surface area contributed by atoms with Crippen LogP contribution in [0.25, 0.3) is 32.4 Å². The van der Waals surface area contributed by atoms with Crippen LogP contribution in [0, 0.1) is 0 Å². The number of para-hydroxylation sites is 2. The van der Waals surface area contributed by atoms with Crippen LogP contribution in [0.3, 0.4) is 0 Å². The Labute approximate surface area is 195 Å². The summed E-state index contributed by atoms with van der Waals surface area (Å²) in [4.78, 5) is 23.5. The van der Waals surface area contributed by atoms with E-state index in [2.05, 4.69) is 11.6 Å². The van der Waals surface area contributed by atoms with Gasteiger partial charge in [-0.2, -0.15) is 4.99 Å². The third kappa shape index (κ3) is 3.85. The van der Waals surface area contributed by atoms with Crippen molar-refractivity contribution in [2.45, 2.75) is 6.54 Å². The van der Waals surface area contributed by atoms with Crippen LogP contribution in [0.1, 0.15) is 10.4 Å². The average Bonchev–Trinajstić information content (AvgIpc) is 3.21. The number of aromatic nitrogens is 2. The molecule has 0 aliphatic carbocycles. The summed E-state index contributed by atoms with van der Waals surface area (Å²) in [5.74, 6) is 0.425. The Bertz CT molecular complexity index is 1570. The zero-order valence-electron chi connectivity index (χ0n) is 18.1. The maximum Gasteiger partial charge on any atom is 0.280 e. The molecule has 6 heteroatoms. The maximum absolute atomic E-state index is 13.5. The van der Waals surface area contributed by atoms with Crippen LogP contribution in [0.4, 0.5) is 0 Å². The van der Waals surface area contributed by atoms with Crippen molar-refractivity contribution >= 4 is 38.4 Å². The van der Waals surface area contributed by atoms with Crippen LogP contribution in [0.2, 0.25) is 0 Å². The standard InChI is InChI=1S/C27H21N3O2S/c1-3-16-30-25-23(32-2)14-9-15-24(25)33-27(30)29-26(31)20-17-22(18-10-5-4-6-11-18)28-21-13-8-7-12-19(20)21/h3-15,17H,1,16H2,2H3. The average molecular weight is 452 g/mol. The summed E-state index contributed by atoms with van der Waals surface area (Å²) >= 11 is 1.45. The van der Waals surface area contributed by atoms with Gasteiger partial charge in [-0.1, -0.05) is 72.0 Å². The molecule has 0 N–H and O–H groups in total. The Morgan fingerprint density at radius 2 is 1.88 bits per heavy atom. The molecular formula is C27H21N3O2S. The molecule has 162 valence electrons. The van der Waals surface area contributed by atoms with Gasteiger partial charge in [0.05, 0.1) is 28.6 Å². The van der Waals surface area contributed by atoms with Crippen molar-refractivity contribution in [3.63, 3.8) is 0 Å². The lowest BCUT2D eigenvalue weighted by Crippen LogP contribution is -2.16. The van der Waals surface area contributed by atoms with Crippen molar-refractivity contribution in [1.29, 1.82) is 0 Å². The first-order valence-electron chi connectivity index (χ1n) is 10.5. The van der Waals surface area contributed by atoms with Gasteiger partial charge >= 0.3 is 0 Å². The number of thiazole rings is 1. The number of carbonyl (C=O) groups excluding carboxylic acids is 1. The molecule has 0 aliphatic heterocycles. The van der Waals surface area contributed by atoms with Crippen LogP contribution in [-0.2, 0) is 6.54 Å². The zero-order chi connectivity index (χ0) is 22.8. The summed E-state index contributed by atoms with van der Waals surface area (Å²) in [5, 5.41) is 0.778. The third-order valence-electron chi connectivity index (χ3n) is 5.41. The first kappa shape index (κ1) is 20.8. The number of ether oxygens (including phenoxy) is 1. The summed E-state index contributed by atoms with van der Waals surface area (Å²) in [7, 11) is 1.64. The highest BCUT2D eigenvalue weighted by Crippen LogP contribution is 2.28. The predicted molar refractivity (Wildman–Crippen MR) is 134 cm³/mol. The van der Waals surface area contributed by atoms with Gasteiger partial charge in [0.25, 0.3) is 5.91 Å². The predicted octanol–water partition coefficient (Wildman–Crippen LogP) is 5.85. The fourth-order valence-electron chi connectivity index (χ4n) is 3.90. The van der Waals surface area contributed by atoms with Crippen LogP contribution in [0.5, 0.6) is 5.75 Å². The molecule has 0 saturated heterocycles. The number of amides is 1. The fraction of sp³-hybridized carbons (Fsp3) is 0.0741. The Hall–Kier alpha value is -4.03. The van der Waals surface area contributed by atoms with E-state index in [1.807, 2.05) is 83.4 Å². The second-order valence-electron chi connectivity index (χ2n) is 7.45. The lowest BCUT2D eigenvalue weighted by atomic mass is 10.0. The monoisotopic (exact) mass is 451 g/mol. The molecule has 5 nitrogen and oxygen atoms in total. The molecule has 0 radical (unpaired) electrons. The summed E-state index contributed by atoms with van der Waals surface area (Å²) < 4.78 is 8.51. The largest absolute Gasteiger partial charge is 0.495 e. The van der Waals surface area contributed by atoms with E-state index in [1.54, 1.807) is 13.2 Å². The number of methoxy groups -OCH3 is 1. The van der Waals surface area contributed by atoms with E-state index >= 15 is 0 Å². The SMILES string of the molecule is C=CCn1c(=NC(=O)c2cc(-c3ccccc3)nc3ccccc23)sc2cccc(OC)c21. The van der Waals surface area contributed by atoms with Gasteiger partial charge in [0.2, 0.25) is 0 Å². The molecular weight excluding hydrogens is 430 g/mol. The van der Waals surface area contributed by atoms with E-state index in [-0.39, 0.29) is 5.91 Å². The van der Waals surface area contributed by atoms with Crippen molar-refractivity contribution < 1.29 is 9.53 Å². The second kappa shape index (κ2) is 8.84. The molecule has 33 heavy (non-hydrogen) atoms. The van der Waals surface area contributed by atoms with Crippen molar-refractivity contribution in [1.82, 2.24) is 9.55 Å². The number of nitrogens with zero attached hydrogens (tertiary/aromatic N) is 3. The molecule has 2 aromatic heterocycles. The van der Waals surface area contributed by atoms with Crippen molar-refractivity contribution in [3.05, 3.63) is 102 Å². The van der Waals surface area contributed by atoms with Gasteiger partial charge in [-0.25, -0.2) is 4.98 Å². The van der Waals surface area contributed by atoms with Crippen molar-refractivity contribution in [2.75, 3.05) is 7.11 Å². The van der Waals surface area contributed by atoms with Gasteiger partial charge in [0.1, 0.15) is 11.3 Å². The normalized spacial score (nSPS) is 11.7. The molecule has 5 rings (SSSR count). The Balaban J connectivity index is 1.72. The van der Waals surface area contributed by atoms with Crippen molar-refractivity contribution in [2.24, 2.45) is 4.99 Å². The molecule has 2 heterocycles. The summed E-state index contributed by atoms with van der Waals surface area (Å²) in [6.45, 7) is 4.38. The van der Waals surface area contributed by atoms with E-state index in [0.29, 0.717) is 16.9 Å². The second-order valence-corrected chi connectivity index (χ2v) is 8.46. The lowest BCUT2D eigenvalue weighted by molar-refractivity contribution is 0.0999. The fourth-order valence-corrected chi connectivity index (χ4v) is 4.96. The quantitative estimate of drug-likeness (QED) is 0.315. The zero-order valence-corrected chi connectivity index (χ0v) is 18.9. The summed E-state index contributed by atoms with van der Waals surface area (Å²) in [6, 6.07) is 25.2. The molecule has 1 amide bonds. The minimum absolute atomic E-state index is 0.311. The summed E-state index contributed by atoms with van der Waals surface area (Å²) in [6.07, 6.45) is 1.79. The molecule has 5 aromatic rings. The van der Waals surface area contributed by atoms with Gasteiger partial charge in [-0.15, -0.1) is 6.58 Å². The number of carbonyl (C=O) groups is 1. The Morgan fingerprint density at radius 3 is 2.67 bits per heavy atom. The number of hydrogen-bond donors (Lipinski definition) is 0. The van der Waals surface area contributed by atoms with E-state index in [0.717, 1.165) is 38.1 Å².